The van der Waals surface area contributed by atoms with Gasteiger partial charge in [0.15, 0.2) is 0 Å². The molecule has 1 atom stereocenters. The van der Waals surface area contributed by atoms with Crippen LogP contribution in [-0.2, 0) is 14.8 Å². The van der Waals surface area contributed by atoms with Crippen LogP contribution < -0.4 is 5.32 Å². The predicted molar refractivity (Wildman–Crippen MR) is 66.4 cm³/mol. The van der Waals surface area contributed by atoms with E-state index in [-0.39, 0.29) is 6.04 Å². The van der Waals surface area contributed by atoms with Gasteiger partial charge < -0.3 is 10.1 Å². The van der Waals surface area contributed by atoms with E-state index in [9.17, 15) is 8.42 Å². The summed E-state index contributed by atoms with van der Waals surface area (Å²) in [5.74, 6) is 0.621. The molecular formula is C11H22N2O3S. The summed E-state index contributed by atoms with van der Waals surface area (Å²) in [5, 5.41) is 3.26. The van der Waals surface area contributed by atoms with Gasteiger partial charge in [0.1, 0.15) is 0 Å². The molecule has 100 valence electrons. The fourth-order valence-corrected chi connectivity index (χ4v) is 4.65. The van der Waals surface area contributed by atoms with Crippen LogP contribution in [0.3, 0.4) is 0 Å². The Kier molecular flexibility index (Phi) is 4.41. The van der Waals surface area contributed by atoms with Gasteiger partial charge >= 0.3 is 0 Å². The van der Waals surface area contributed by atoms with E-state index in [4.69, 9.17) is 4.74 Å². The molecule has 2 rings (SSSR count). The third-order valence-corrected chi connectivity index (χ3v) is 5.72. The maximum absolute atomic E-state index is 12.3. The summed E-state index contributed by atoms with van der Waals surface area (Å²) in [4.78, 5) is 0. The van der Waals surface area contributed by atoms with Gasteiger partial charge in [-0.15, -0.1) is 0 Å². The molecule has 2 saturated heterocycles. The van der Waals surface area contributed by atoms with Gasteiger partial charge in [0.25, 0.3) is 0 Å². The minimum atomic E-state index is -3.11. The molecule has 17 heavy (non-hydrogen) atoms. The first-order valence-corrected chi connectivity index (χ1v) is 7.98. The lowest BCUT2D eigenvalue weighted by Crippen LogP contribution is -2.49. The highest BCUT2D eigenvalue weighted by Crippen LogP contribution is 2.19. The van der Waals surface area contributed by atoms with Crippen molar-refractivity contribution in [1.82, 2.24) is 9.62 Å². The lowest BCUT2D eigenvalue weighted by atomic mass is 10.0. The van der Waals surface area contributed by atoms with E-state index in [2.05, 4.69) is 5.32 Å². The van der Waals surface area contributed by atoms with Crippen molar-refractivity contribution in [2.75, 3.05) is 38.6 Å². The average molecular weight is 262 g/mol. The second kappa shape index (κ2) is 5.65. The Hall–Kier alpha value is -0.170. The van der Waals surface area contributed by atoms with Crippen LogP contribution in [0.4, 0.5) is 0 Å². The van der Waals surface area contributed by atoms with Crippen LogP contribution in [0.25, 0.3) is 0 Å². The second-order valence-electron chi connectivity index (χ2n) is 5.01. The molecule has 0 aliphatic carbocycles. The highest BCUT2D eigenvalue weighted by molar-refractivity contribution is 7.89. The quantitative estimate of drug-likeness (QED) is 0.780. The van der Waals surface area contributed by atoms with Gasteiger partial charge in [0, 0.05) is 12.6 Å². The summed E-state index contributed by atoms with van der Waals surface area (Å²) >= 11 is 0. The Bertz CT molecular complexity index is 339. The maximum atomic E-state index is 12.3. The lowest BCUT2D eigenvalue weighted by molar-refractivity contribution is 0.0390. The fourth-order valence-electron chi connectivity index (χ4n) is 2.57. The Balaban J connectivity index is 1.96. The molecule has 5 nitrogen and oxygen atoms in total. The molecule has 2 heterocycles. The first kappa shape index (κ1) is 13.3. The maximum Gasteiger partial charge on any atom is 0.214 e. The van der Waals surface area contributed by atoms with Gasteiger partial charge in [-0.3, -0.25) is 0 Å². The third kappa shape index (κ3) is 3.40. The Labute approximate surface area is 104 Å². The highest BCUT2D eigenvalue weighted by Gasteiger charge is 2.32. The summed E-state index contributed by atoms with van der Waals surface area (Å²) in [6.45, 7) is 5.35. The standard InChI is InChI=1S/C11H22N2O3S/c1-10-8-16-7-6-13(10)17(14,15)9-11-2-4-12-5-3-11/h10-12H,2-9H2,1H3. The predicted octanol–water partition coefficient (Wildman–Crippen LogP) is 0.0365. The number of morpholine rings is 1. The lowest BCUT2D eigenvalue weighted by Gasteiger charge is -2.34. The van der Waals surface area contributed by atoms with Crippen LogP contribution >= 0.6 is 0 Å². The molecule has 0 amide bonds. The molecule has 0 bridgehead atoms. The van der Waals surface area contributed by atoms with Crippen LogP contribution in [0, 0.1) is 5.92 Å². The normalized spacial score (nSPS) is 29.4. The molecule has 2 aliphatic rings. The second-order valence-corrected chi connectivity index (χ2v) is 6.97. The van der Waals surface area contributed by atoms with Gasteiger partial charge in [0.2, 0.25) is 10.0 Å². The molecule has 0 aromatic heterocycles. The van der Waals surface area contributed by atoms with Crippen LogP contribution in [0.2, 0.25) is 0 Å². The van der Waals surface area contributed by atoms with Crippen molar-refractivity contribution in [3.63, 3.8) is 0 Å². The monoisotopic (exact) mass is 262 g/mol. The van der Waals surface area contributed by atoms with Crippen LogP contribution in [0.1, 0.15) is 19.8 Å². The molecule has 2 fully saturated rings. The number of piperidine rings is 1. The average Bonchev–Trinajstić information content (AvgIpc) is 2.30. The summed E-state index contributed by atoms with van der Waals surface area (Å²) < 4.78 is 31.5. The topological polar surface area (TPSA) is 58.6 Å². The molecule has 1 N–H and O–H groups in total. The minimum absolute atomic E-state index is 0.0181. The van der Waals surface area contributed by atoms with Gasteiger partial charge in [-0.1, -0.05) is 0 Å². The molecule has 6 heteroatoms. The summed E-state index contributed by atoms with van der Waals surface area (Å²) in [7, 11) is -3.11. The fraction of sp³-hybridized carbons (Fsp3) is 1.00. The van der Waals surface area contributed by atoms with E-state index in [1.165, 1.54) is 0 Å². The molecule has 0 aromatic rings. The van der Waals surface area contributed by atoms with Gasteiger partial charge in [0.05, 0.1) is 19.0 Å². The summed E-state index contributed by atoms with van der Waals surface area (Å²) in [6, 6.07) is -0.0181. The van der Waals surface area contributed by atoms with Crippen molar-refractivity contribution in [2.24, 2.45) is 5.92 Å². The number of sulfonamides is 1. The van der Waals surface area contributed by atoms with Crippen molar-refractivity contribution in [3.8, 4) is 0 Å². The van der Waals surface area contributed by atoms with Crippen molar-refractivity contribution in [3.05, 3.63) is 0 Å². The molecule has 0 aromatic carbocycles. The summed E-state index contributed by atoms with van der Waals surface area (Å²) in [5.41, 5.74) is 0. The SMILES string of the molecule is CC1COCCN1S(=O)(=O)CC1CCNCC1. The smallest absolute Gasteiger partial charge is 0.214 e. The van der Waals surface area contributed by atoms with Crippen LogP contribution in [-0.4, -0.2) is 57.4 Å². The Morgan fingerprint density at radius 3 is 2.71 bits per heavy atom. The van der Waals surface area contributed by atoms with Crippen molar-refractivity contribution in [2.45, 2.75) is 25.8 Å². The Morgan fingerprint density at radius 1 is 1.35 bits per heavy atom. The van der Waals surface area contributed by atoms with E-state index >= 15 is 0 Å². The molecule has 0 radical (unpaired) electrons. The van der Waals surface area contributed by atoms with E-state index in [0.29, 0.717) is 31.4 Å². The first-order valence-electron chi connectivity index (χ1n) is 6.37. The van der Waals surface area contributed by atoms with E-state index in [1.807, 2.05) is 6.92 Å². The van der Waals surface area contributed by atoms with E-state index in [0.717, 1.165) is 25.9 Å². The number of hydrogen-bond donors (Lipinski definition) is 1. The van der Waals surface area contributed by atoms with Crippen LogP contribution in [0.15, 0.2) is 0 Å². The van der Waals surface area contributed by atoms with Crippen molar-refractivity contribution in [1.29, 1.82) is 0 Å². The molecule has 0 saturated carbocycles. The van der Waals surface area contributed by atoms with Gasteiger partial charge in [-0.2, -0.15) is 4.31 Å². The first-order chi connectivity index (χ1) is 8.09. The number of hydrogen-bond acceptors (Lipinski definition) is 4. The molecule has 1 unspecified atom stereocenters. The Morgan fingerprint density at radius 2 is 2.06 bits per heavy atom. The molecular weight excluding hydrogens is 240 g/mol. The highest BCUT2D eigenvalue weighted by atomic mass is 32.2. The minimum Gasteiger partial charge on any atom is -0.378 e. The van der Waals surface area contributed by atoms with Gasteiger partial charge in [-0.05, 0) is 38.8 Å². The molecule has 0 spiro atoms. The number of ether oxygens (including phenoxy) is 1. The van der Waals surface area contributed by atoms with Crippen molar-refractivity contribution < 1.29 is 13.2 Å². The number of nitrogens with one attached hydrogen (secondary N) is 1. The van der Waals surface area contributed by atoms with Crippen molar-refractivity contribution >= 4 is 10.0 Å². The zero-order chi connectivity index (χ0) is 12.3. The zero-order valence-electron chi connectivity index (χ0n) is 10.4. The number of nitrogens with zero attached hydrogens (tertiary/aromatic N) is 1. The number of rotatable bonds is 3. The third-order valence-electron chi connectivity index (χ3n) is 3.57. The largest absolute Gasteiger partial charge is 0.378 e. The van der Waals surface area contributed by atoms with Gasteiger partial charge in [-0.25, -0.2) is 8.42 Å². The molecule has 2 aliphatic heterocycles. The summed E-state index contributed by atoms with van der Waals surface area (Å²) in [6.07, 6.45) is 1.94. The zero-order valence-corrected chi connectivity index (χ0v) is 11.2. The van der Waals surface area contributed by atoms with E-state index < -0.39 is 10.0 Å². The van der Waals surface area contributed by atoms with E-state index in [1.54, 1.807) is 4.31 Å². The van der Waals surface area contributed by atoms with Crippen LogP contribution in [0.5, 0.6) is 0 Å².